The minimum Gasteiger partial charge on any atom is -0.504 e. The molecule has 2 rings (SSSR count). The molecule has 6 heteroatoms. The summed E-state index contributed by atoms with van der Waals surface area (Å²) in [7, 11) is 1.51. The second-order valence-electron chi connectivity index (χ2n) is 2.96. The van der Waals surface area contributed by atoms with Gasteiger partial charge in [-0.3, -0.25) is 0 Å². The summed E-state index contributed by atoms with van der Waals surface area (Å²) in [6.45, 7) is 0. The average molecular weight is 259 g/mol. The van der Waals surface area contributed by atoms with E-state index in [0.29, 0.717) is 10.9 Å². The third-order valence-corrected chi connectivity index (χ3v) is 2.67. The van der Waals surface area contributed by atoms with Crippen LogP contribution in [0.1, 0.15) is 0 Å². The Bertz CT molecular complexity index is 487. The molecular formula is C10H11ClN2O2S. The molecular weight excluding hydrogens is 248 g/mol. The summed E-state index contributed by atoms with van der Waals surface area (Å²) in [5.74, 6) is 0.545. The van der Waals surface area contributed by atoms with E-state index in [-0.39, 0.29) is 18.2 Å². The van der Waals surface area contributed by atoms with Gasteiger partial charge in [-0.05, 0) is 18.2 Å². The van der Waals surface area contributed by atoms with Gasteiger partial charge in [0, 0.05) is 10.9 Å². The summed E-state index contributed by atoms with van der Waals surface area (Å²) >= 11 is 1.38. The van der Waals surface area contributed by atoms with Gasteiger partial charge < -0.3 is 15.6 Å². The topological polar surface area (TPSA) is 68.4 Å². The summed E-state index contributed by atoms with van der Waals surface area (Å²) in [4.78, 5) is 4.15. The van der Waals surface area contributed by atoms with Crippen LogP contribution < -0.4 is 10.5 Å². The van der Waals surface area contributed by atoms with Gasteiger partial charge in [0.15, 0.2) is 16.6 Å². The number of nitrogens with two attached hydrogens (primary N) is 1. The molecule has 0 aliphatic heterocycles. The van der Waals surface area contributed by atoms with E-state index in [0.717, 1.165) is 11.3 Å². The lowest BCUT2D eigenvalue weighted by Gasteiger charge is -2.04. The fourth-order valence-electron chi connectivity index (χ4n) is 1.26. The van der Waals surface area contributed by atoms with Crippen LogP contribution in [-0.2, 0) is 0 Å². The summed E-state index contributed by atoms with van der Waals surface area (Å²) in [6.07, 6.45) is 0. The van der Waals surface area contributed by atoms with Crippen molar-refractivity contribution in [2.45, 2.75) is 0 Å². The number of ether oxygens (including phenoxy) is 1. The maximum Gasteiger partial charge on any atom is 0.180 e. The molecule has 0 saturated carbocycles. The number of benzene rings is 1. The smallest absolute Gasteiger partial charge is 0.180 e. The molecule has 0 fully saturated rings. The molecule has 86 valence electrons. The summed E-state index contributed by atoms with van der Waals surface area (Å²) < 4.78 is 5.01. The first-order chi connectivity index (χ1) is 7.20. The molecule has 0 aliphatic carbocycles. The third kappa shape index (κ3) is 2.37. The van der Waals surface area contributed by atoms with Crippen molar-refractivity contribution in [1.29, 1.82) is 0 Å². The van der Waals surface area contributed by atoms with E-state index in [1.807, 2.05) is 5.38 Å². The summed E-state index contributed by atoms with van der Waals surface area (Å²) in [5.41, 5.74) is 7.20. The standard InChI is InChI=1S/C10H10N2O2S.ClH/c1-14-9-4-6(2-3-8(9)13)7-5-15-10(11)12-7;/h2-5,13H,1H3,(H2,11,12);1H. The molecule has 0 radical (unpaired) electrons. The van der Waals surface area contributed by atoms with E-state index < -0.39 is 0 Å². The van der Waals surface area contributed by atoms with E-state index in [1.54, 1.807) is 18.2 Å². The summed E-state index contributed by atoms with van der Waals surface area (Å²) in [6, 6.07) is 5.07. The number of phenolic OH excluding ortho intramolecular Hbond substituents is 1. The average Bonchev–Trinajstić information content (AvgIpc) is 2.66. The molecule has 16 heavy (non-hydrogen) atoms. The Morgan fingerprint density at radius 1 is 1.44 bits per heavy atom. The van der Waals surface area contributed by atoms with Crippen LogP contribution in [0.4, 0.5) is 5.13 Å². The zero-order chi connectivity index (χ0) is 10.8. The maximum absolute atomic E-state index is 9.42. The van der Waals surface area contributed by atoms with Crippen molar-refractivity contribution in [2.75, 3.05) is 12.8 Å². The summed E-state index contributed by atoms with van der Waals surface area (Å²) in [5, 5.41) is 11.8. The molecule has 0 bridgehead atoms. The van der Waals surface area contributed by atoms with E-state index in [9.17, 15) is 5.11 Å². The van der Waals surface area contributed by atoms with Crippen molar-refractivity contribution < 1.29 is 9.84 Å². The van der Waals surface area contributed by atoms with Gasteiger partial charge >= 0.3 is 0 Å². The number of hydrogen-bond donors (Lipinski definition) is 2. The molecule has 0 saturated heterocycles. The number of aromatic nitrogens is 1. The molecule has 0 unspecified atom stereocenters. The van der Waals surface area contributed by atoms with Crippen LogP contribution in [-0.4, -0.2) is 17.2 Å². The molecule has 0 aliphatic rings. The van der Waals surface area contributed by atoms with Gasteiger partial charge in [-0.15, -0.1) is 23.7 Å². The van der Waals surface area contributed by atoms with E-state index in [1.165, 1.54) is 18.4 Å². The Morgan fingerprint density at radius 3 is 2.75 bits per heavy atom. The first kappa shape index (κ1) is 12.6. The van der Waals surface area contributed by atoms with Gasteiger partial charge in [-0.25, -0.2) is 4.98 Å². The molecule has 0 amide bonds. The molecule has 2 aromatic rings. The number of aromatic hydroxyl groups is 1. The second-order valence-corrected chi connectivity index (χ2v) is 3.85. The van der Waals surface area contributed by atoms with Crippen LogP contribution in [0, 0.1) is 0 Å². The molecule has 1 aromatic carbocycles. The van der Waals surface area contributed by atoms with Crippen molar-refractivity contribution in [3.8, 4) is 22.8 Å². The van der Waals surface area contributed by atoms with Gasteiger partial charge in [-0.1, -0.05) is 0 Å². The van der Waals surface area contributed by atoms with E-state index in [2.05, 4.69) is 4.98 Å². The fraction of sp³-hybridized carbons (Fsp3) is 0.100. The van der Waals surface area contributed by atoms with Crippen LogP contribution in [0.25, 0.3) is 11.3 Å². The van der Waals surface area contributed by atoms with Gasteiger partial charge in [0.05, 0.1) is 12.8 Å². The number of hydrogen-bond acceptors (Lipinski definition) is 5. The van der Waals surface area contributed by atoms with Crippen LogP contribution in [0.5, 0.6) is 11.5 Å². The van der Waals surface area contributed by atoms with Crippen molar-refractivity contribution in [2.24, 2.45) is 0 Å². The minimum atomic E-state index is 0. The highest BCUT2D eigenvalue weighted by Crippen LogP contribution is 2.32. The molecule has 0 atom stereocenters. The van der Waals surface area contributed by atoms with Gasteiger partial charge in [-0.2, -0.15) is 0 Å². The number of nitrogen functional groups attached to an aromatic ring is 1. The predicted octanol–water partition coefficient (Wildman–Crippen LogP) is 2.53. The van der Waals surface area contributed by atoms with Crippen LogP contribution >= 0.6 is 23.7 Å². The highest BCUT2D eigenvalue weighted by atomic mass is 35.5. The number of rotatable bonds is 2. The van der Waals surface area contributed by atoms with Crippen molar-refractivity contribution in [3.05, 3.63) is 23.6 Å². The van der Waals surface area contributed by atoms with E-state index >= 15 is 0 Å². The van der Waals surface area contributed by atoms with Crippen molar-refractivity contribution in [1.82, 2.24) is 4.98 Å². The SMILES string of the molecule is COc1cc(-c2csc(N)n2)ccc1O.Cl. The lowest BCUT2D eigenvalue weighted by Crippen LogP contribution is -1.86. The number of phenols is 1. The van der Waals surface area contributed by atoms with Gasteiger partial charge in [0.25, 0.3) is 0 Å². The normalized spacial score (nSPS) is 9.56. The van der Waals surface area contributed by atoms with E-state index in [4.69, 9.17) is 10.5 Å². The minimum absolute atomic E-state index is 0. The number of methoxy groups -OCH3 is 1. The zero-order valence-electron chi connectivity index (χ0n) is 8.51. The van der Waals surface area contributed by atoms with Crippen LogP contribution in [0.2, 0.25) is 0 Å². The molecule has 1 aromatic heterocycles. The zero-order valence-corrected chi connectivity index (χ0v) is 10.1. The highest BCUT2D eigenvalue weighted by Gasteiger charge is 2.06. The molecule has 1 heterocycles. The molecule has 3 N–H and O–H groups in total. The number of halogens is 1. The Balaban J connectivity index is 0.00000128. The van der Waals surface area contributed by atoms with Crippen molar-refractivity contribution in [3.63, 3.8) is 0 Å². The first-order valence-corrected chi connectivity index (χ1v) is 5.17. The first-order valence-electron chi connectivity index (χ1n) is 4.29. The predicted molar refractivity (Wildman–Crippen MR) is 67.4 cm³/mol. The van der Waals surface area contributed by atoms with Crippen LogP contribution in [0.3, 0.4) is 0 Å². The Hall–Kier alpha value is -1.46. The Kier molecular flexibility index (Phi) is 3.98. The number of anilines is 1. The molecule has 4 nitrogen and oxygen atoms in total. The fourth-order valence-corrected chi connectivity index (χ4v) is 1.83. The lowest BCUT2D eigenvalue weighted by molar-refractivity contribution is 0.373. The van der Waals surface area contributed by atoms with Gasteiger partial charge in [0.1, 0.15) is 0 Å². The highest BCUT2D eigenvalue weighted by molar-refractivity contribution is 7.13. The Morgan fingerprint density at radius 2 is 2.19 bits per heavy atom. The quantitative estimate of drug-likeness (QED) is 0.869. The van der Waals surface area contributed by atoms with Crippen LogP contribution in [0.15, 0.2) is 23.6 Å². The maximum atomic E-state index is 9.42. The number of thiazole rings is 1. The second kappa shape index (κ2) is 5.05. The largest absolute Gasteiger partial charge is 0.504 e. The third-order valence-electron chi connectivity index (χ3n) is 2.00. The van der Waals surface area contributed by atoms with Gasteiger partial charge in [0.2, 0.25) is 0 Å². The molecule has 0 spiro atoms. The van der Waals surface area contributed by atoms with Crippen molar-refractivity contribution >= 4 is 28.9 Å². The lowest BCUT2D eigenvalue weighted by atomic mass is 10.1. The Labute approximate surface area is 103 Å². The monoisotopic (exact) mass is 258 g/mol. The number of nitrogens with zero attached hydrogens (tertiary/aromatic N) is 1.